The topological polar surface area (TPSA) is 64.9 Å². The summed E-state index contributed by atoms with van der Waals surface area (Å²) in [5, 5.41) is 0. The number of fused-ring (bicyclic) bond motifs is 3. The van der Waals surface area contributed by atoms with Crippen LogP contribution in [0, 0.1) is 6.92 Å². The SMILES string of the molecule is Cc1cc2c(o1)Cc1nc(CCN)cnc1-2. The van der Waals surface area contributed by atoms with Crippen LogP contribution in [0.25, 0.3) is 11.3 Å². The van der Waals surface area contributed by atoms with E-state index in [4.69, 9.17) is 10.2 Å². The van der Waals surface area contributed by atoms with E-state index in [-0.39, 0.29) is 0 Å². The molecule has 4 nitrogen and oxygen atoms in total. The Morgan fingerprint density at radius 2 is 2.38 bits per heavy atom. The van der Waals surface area contributed by atoms with Gasteiger partial charge in [-0.05, 0) is 19.5 Å². The summed E-state index contributed by atoms with van der Waals surface area (Å²) < 4.78 is 5.60. The molecule has 3 rings (SSSR count). The summed E-state index contributed by atoms with van der Waals surface area (Å²) in [6, 6.07) is 2.03. The highest BCUT2D eigenvalue weighted by atomic mass is 16.3. The van der Waals surface area contributed by atoms with E-state index in [1.807, 2.05) is 19.2 Å². The molecule has 0 aliphatic heterocycles. The Balaban J connectivity index is 2.05. The lowest BCUT2D eigenvalue weighted by Gasteiger charge is -2.01. The third-order valence-corrected chi connectivity index (χ3v) is 2.81. The van der Waals surface area contributed by atoms with E-state index in [0.29, 0.717) is 6.54 Å². The summed E-state index contributed by atoms with van der Waals surface area (Å²) in [6.45, 7) is 2.56. The molecule has 0 amide bonds. The van der Waals surface area contributed by atoms with E-state index in [1.165, 1.54) is 0 Å². The van der Waals surface area contributed by atoms with Gasteiger partial charge in [0.25, 0.3) is 0 Å². The fraction of sp³-hybridized carbons (Fsp3) is 0.333. The quantitative estimate of drug-likeness (QED) is 0.702. The normalized spacial score (nSPS) is 12.6. The monoisotopic (exact) mass is 215 g/mol. The van der Waals surface area contributed by atoms with Crippen molar-refractivity contribution in [1.82, 2.24) is 9.97 Å². The molecule has 0 fully saturated rings. The van der Waals surface area contributed by atoms with Gasteiger partial charge < -0.3 is 10.2 Å². The maximum absolute atomic E-state index is 5.60. The van der Waals surface area contributed by atoms with Crippen molar-refractivity contribution >= 4 is 0 Å². The first-order valence-corrected chi connectivity index (χ1v) is 5.42. The number of aromatic nitrogens is 2. The standard InChI is InChI=1S/C12H13N3O/c1-7-4-9-11(16-7)5-10-12(9)14-6-8(15-10)2-3-13/h4,6H,2-3,5,13H2,1H3. The molecule has 16 heavy (non-hydrogen) atoms. The molecule has 1 aliphatic rings. The van der Waals surface area contributed by atoms with Gasteiger partial charge in [0.1, 0.15) is 11.5 Å². The Kier molecular flexibility index (Phi) is 2.04. The molecule has 2 aromatic rings. The van der Waals surface area contributed by atoms with Crippen LogP contribution in [0.15, 0.2) is 16.7 Å². The van der Waals surface area contributed by atoms with Gasteiger partial charge in [-0.3, -0.25) is 9.97 Å². The lowest BCUT2D eigenvalue weighted by atomic mass is 10.2. The van der Waals surface area contributed by atoms with E-state index in [1.54, 1.807) is 0 Å². The summed E-state index contributed by atoms with van der Waals surface area (Å²) >= 11 is 0. The second kappa shape index (κ2) is 3.42. The second-order valence-electron chi connectivity index (χ2n) is 4.07. The highest BCUT2D eigenvalue weighted by Crippen LogP contribution is 2.35. The number of nitrogens with two attached hydrogens (primary N) is 1. The van der Waals surface area contributed by atoms with Gasteiger partial charge in [-0.2, -0.15) is 0 Å². The van der Waals surface area contributed by atoms with Gasteiger partial charge in [0.05, 0.1) is 23.5 Å². The van der Waals surface area contributed by atoms with E-state index in [0.717, 1.165) is 47.0 Å². The molecule has 0 spiro atoms. The molecule has 0 aromatic carbocycles. The number of furan rings is 1. The van der Waals surface area contributed by atoms with Gasteiger partial charge in [0.2, 0.25) is 0 Å². The van der Waals surface area contributed by atoms with Gasteiger partial charge in [0.15, 0.2) is 0 Å². The van der Waals surface area contributed by atoms with Crippen LogP contribution < -0.4 is 5.73 Å². The lowest BCUT2D eigenvalue weighted by molar-refractivity contribution is 0.495. The Morgan fingerprint density at radius 1 is 1.50 bits per heavy atom. The Labute approximate surface area is 93.5 Å². The number of aryl methyl sites for hydroxylation is 1. The van der Waals surface area contributed by atoms with Crippen molar-refractivity contribution in [3.05, 3.63) is 35.2 Å². The summed E-state index contributed by atoms with van der Waals surface area (Å²) in [6.07, 6.45) is 3.34. The van der Waals surface area contributed by atoms with Gasteiger partial charge in [-0.15, -0.1) is 0 Å². The van der Waals surface area contributed by atoms with Crippen molar-refractivity contribution < 1.29 is 4.42 Å². The Morgan fingerprint density at radius 3 is 3.19 bits per heavy atom. The molecule has 4 heteroatoms. The summed E-state index contributed by atoms with van der Waals surface area (Å²) in [4.78, 5) is 9.01. The smallest absolute Gasteiger partial charge is 0.119 e. The van der Waals surface area contributed by atoms with E-state index >= 15 is 0 Å². The third kappa shape index (κ3) is 1.34. The molecule has 0 radical (unpaired) electrons. The van der Waals surface area contributed by atoms with Gasteiger partial charge in [-0.25, -0.2) is 0 Å². The molecule has 0 unspecified atom stereocenters. The van der Waals surface area contributed by atoms with Crippen molar-refractivity contribution in [2.24, 2.45) is 5.73 Å². The Bertz CT molecular complexity index is 545. The predicted molar refractivity (Wildman–Crippen MR) is 60.0 cm³/mol. The van der Waals surface area contributed by atoms with Gasteiger partial charge in [0, 0.05) is 18.2 Å². The fourth-order valence-electron chi connectivity index (χ4n) is 2.13. The van der Waals surface area contributed by atoms with Gasteiger partial charge >= 0.3 is 0 Å². The van der Waals surface area contributed by atoms with Crippen LogP contribution in [-0.2, 0) is 12.8 Å². The number of hydrogen-bond donors (Lipinski definition) is 1. The number of rotatable bonds is 2. The minimum absolute atomic E-state index is 0.607. The zero-order valence-electron chi connectivity index (χ0n) is 9.16. The van der Waals surface area contributed by atoms with Crippen molar-refractivity contribution in [1.29, 1.82) is 0 Å². The zero-order chi connectivity index (χ0) is 11.1. The van der Waals surface area contributed by atoms with Crippen LogP contribution in [0.2, 0.25) is 0 Å². The lowest BCUT2D eigenvalue weighted by Crippen LogP contribution is -2.06. The molecule has 0 bridgehead atoms. The summed E-state index contributed by atoms with van der Waals surface area (Å²) in [5.41, 5.74) is 9.54. The summed E-state index contributed by atoms with van der Waals surface area (Å²) in [7, 11) is 0. The first-order chi connectivity index (χ1) is 7.78. The van der Waals surface area contributed by atoms with Crippen LogP contribution in [0.1, 0.15) is 22.9 Å². The number of nitrogens with zero attached hydrogens (tertiary/aromatic N) is 2. The van der Waals surface area contributed by atoms with Crippen molar-refractivity contribution in [2.45, 2.75) is 19.8 Å². The first kappa shape index (κ1) is 9.54. The second-order valence-corrected chi connectivity index (χ2v) is 4.07. The molecule has 0 saturated heterocycles. The molecule has 2 aromatic heterocycles. The fourth-order valence-corrected chi connectivity index (χ4v) is 2.13. The molecular weight excluding hydrogens is 202 g/mol. The highest BCUT2D eigenvalue weighted by molar-refractivity contribution is 5.70. The molecule has 2 heterocycles. The van der Waals surface area contributed by atoms with Crippen molar-refractivity contribution in [3.8, 4) is 11.3 Å². The Hall–Kier alpha value is -1.68. The average Bonchev–Trinajstić information content (AvgIpc) is 2.73. The van der Waals surface area contributed by atoms with Crippen LogP contribution in [0.4, 0.5) is 0 Å². The molecule has 0 atom stereocenters. The van der Waals surface area contributed by atoms with E-state index < -0.39 is 0 Å². The largest absolute Gasteiger partial charge is 0.465 e. The maximum atomic E-state index is 5.60. The van der Waals surface area contributed by atoms with Crippen LogP contribution >= 0.6 is 0 Å². The zero-order valence-corrected chi connectivity index (χ0v) is 9.16. The van der Waals surface area contributed by atoms with E-state index in [9.17, 15) is 0 Å². The highest BCUT2D eigenvalue weighted by Gasteiger charge is 2.25. The minimum atomic E-state index is 0.607. The first-order valence-electron chi connectivity index (χ1n) is 5.42. The molecule has 1 aliphatic carbocycles. The molecular formula is C12H13N3O. The van der Waals surface area contributed by atoms with Crippen LogP contribution in [0.3, 0.4) is 0 Å². The van der Waals surface area contributed by atoms with Crippen LogP contribution in [0.5, 0.6) is 0 Å². The summed E-state index contributed by atoms with van der Waals surface area (Å²) in [5.74, 6) is 1.92. The van der Waals surface area contributed by atoms with E-state index in [2.05, 4.69) is 9.97 Å². The maximum Gasteiger partial charge on any atom is 0.119 e. The molecule has 2 N–H and O–H groups in total. The predicted octanol–water partition coefficient (Wildman–Crippen LogP) is 1.45. The average molecular weight is 215 g/mol. The van der Waals surface area contributed by atoms with Gasteiger partial charge in [-0.1, -0.05) is 0 Å². The van der Waals surface area contributed by atoms with Crippen LogP contribution in [-0.4, -0.2) is 16.5 Å². The third-order valence-electron chi connectivity index (χ3n) is 2.81. The van der Waals surface area contributed by atoms with Crippen molar-refractivity contribution in [2.75, 3.05) is 6.54 Å². The molecule has 0 saturated carbocycles. The van der Waals surface area contributed by atoms with Crippen molar-refractivity contribution in [3.63, 3.8) is 0 Å². The molecule has 82 valence electrons. The number of hydrogen-bond acceptors (Lipinski definition) is 4. The minimum Gasteiger partial charge on any atom is -0.465 e.